The zero-order valence-electron chi connectivity index (χ0n) is 13.5. The van der Waals surface area contributed by atoms with Crippen molar-refractivity contribution in [1.82, 2.24) is 0 Å². The van der Waals surface area contributed by atoms with Crippen molar-refractivity contribution in [2.24, 2.45) is 47.3 Å². The fourth-order valence-corrected chi connectivity index (χ4v) is 6.24. The molecule has 2 saturated carbocycles. The van der Waals surface area contributed by atoms with Crippen LogP contribution in [0.5, 0.6) is 0 Å². The van der Waals surface area contributed by atoms with Gasteiger partial charge in [-0.15, -0.1) is 0 Å². The van der Waals surface area contributed by atoms with Gasteiger partial charge in [0.15, 0.2) is 0 Å². The van der Waals surface area contributed by atoms with Gasteiger partial charge in [0.05, 0.1) is 5.92 Å². The molecule has 0 aromatic heterocycles. The lowest BCUT2D eigenvalue weighted by Gasteiger charge is -2.54. The highest BCUT2D eigenvalue weighted by atomic mass is 16.4. The summed E-state index contributed by atoms with van der Waals surface area (Å²) >= 11 is 0. The minimum absolute atomic E-state index is 0.264. The lowest BCUT2D eigenvalue weighted by atomic mass is 9.50. The molecule has 0 aromatic rings. The molecule has 4 aliphatic carbocycles. The number of unbranched alkanes of at least 4 members (excludes halogenated alkanes) is 3. The second kappa shape index (κ2) is 5.54. The van der Waals surface area contributed by atoms with E-state index in [0.717, 1.165) is 23.7 Å². The van der Waals surface area contributed by atoms with Gasteiger partial charge in [-0.2, -0.15) is 0 Å². The molecule has 0 bridgehead atoms. The third-order valence-electron chi connectivity index (χ3n) is 7.12. The van der Waals surface area contributed by atoms with Crippen LogP contribution in [0.25, 0.3) is 0 Å². The standard InChI is InChI=1S/C20H28O2/c1-2-3-4-5-6-13-14-9-10-15-16(20(21)22)8-7-12-11-17(13)19(14)18(12)15/h7-10,12-19H,2-6,11H2,1H3,(H,21,22)/t12-,13+,14-,15+,16-,17+,18-,19-/m1/s1. The molecule has 1 N–H and O–H groups in total. The van der Waals surface area contributed by atoms with Crippen molar-refractivity contribution in [1.29, 1.82) is 0 Å². The monoisotopic (exact) mass is 300 g/mol. The van der Waals surface area contributed by atoms with Gasteiger partial charge >= 0.3 is 5.97 Å². The lowest BCUT2D eigenvalue weighted by Crippen LogP contribution is -2.50. The molecule has 0 aliphatic heterocycles. The zero-order valence-corrected chi connectivity index (χ0v) is 13.5. The first kappa shape index (κ1) is 14.5. The fourth-order valence-electron chi connectivity index (χ4n) is 6.24. The number of hydrogen-bond acceptors (Lipinski definition) is 1. The van der Waals surface area contributed by atoms with E-state index in [1.54, 1.807) is 0 Å². The largest absolute Gasteiger partial charge is 0.481 e. The number of carbonyl (C=O) groups is 1. The Kier molecular flexibility index (Phi) is 3.66. The number of rotatable bonds is 6. The molecule has 0 heterocycles. The molecule has 22 heavy (non-hydrogen) atoms. The number of aliphatic carboxylic acids is 1. The molecule has 2 heteroatoms. The Bertz CT molecular complexity index is 506. The van der Waals surface area contributed by atoms with Gasteiger partial charge in [0.25, 0.3) is 0 Å². The number of allylic oxidation sites excluding steroid dienone is 3. The van der Waals surface area contributed by atoms with Gasteiger partial charge in [0.1, 0.15) is 0 Å². The van der Waals surface area contributed by atoms with Crippen LogP contribution in [0.4, 0.5) is 0 Å². The van der Waals surface area contributed by atoms with E-state index in [1.165, 1.54) is 38.5 Å². The number of hydrogen-bond donors (Lipinski definition) is 1. The van der Waals surface area contributed by atoms with Crippen LogP contribution < -0.4 is 0 Å². The summed E-state index contributed by atoms with van der Waals surface area (Å²) in [6.07, 6.45) is 17.1. The van der Waals surface area contributed by atoms with Gasteiger partial charge < -0.3 is 5.11 Å². The first-order valence-electron chi connectivity index (χ1n) is 9.31. The van der Waals surface area contributed by atoms with E-state index < -0.39 is 5.97 Å². The molecule has 0 unspecified atom stereocenters. The van der Waals surface area contributed by atoms with Crippen LogP contribution >= 0.6 is 0 Å². The Balaban J connectivity index is 1.49. The van der Waals surface area contributed by atoms with E-state index in [9.17, 15) is 9.90 Å². The van der Waals surface area contributed by atoms with E-state index in [0.29, 0.717) is 11.8 Å². The minimum atomic E-state index is -0.637. The second-order valence-electron chi connectivity index (χ2n) is 8.02. The Labute approximate surface area is 133 Å². The Hall–Kier alpha value is -1.05. The quantitative estimate of drug-likeness (QED) is 0.578. The van der Waals surface area contributed by atoms with Crippen molar-refractivity contribution in [2.75, 3.05) is 0 Å². The van der Waals surface area contributed by atoms with Crippen molar-refractivity contribution in [3.63, 3.8) is 0 Å². The average Bonchev–Trinajstić information content (AvgIpc) is 2.85. The first-order chi connectivity index (χ1) is 10.7. The third kappa shape index (κ3) is 2.02. The Morgan fingerprint density at radius 1 is 1.05 bits per heavy atom. The van der Waals surface area contributed by atoms with E-state index in [2.05, 4.69) is 25.2 Å². The molecule has 0 saturated heterocycles. The summed E-state index contributed by atoms with van der Waals surface area (Å²) in [6.45, 7) is 2.27. The van der Waals surface area contributed by atoms with Crippen LogP contribution in [0, 0.1) is 47.3 Å². The highest BCUT2D eigenvalue weighted by Gasteiger charge is 2.62. The van der Waals surface area contributed by atoms with Gasteiger partial charge in [0, 0.05) is 0 Å². The summed E-state index contributed by atoms with van der Waals surface area (Å²) in [5.74, 6) is 3.96. The highest BCUT2D eigenvalue weighted by molar-refractivity contribution is 5.73. The summed E-state index contributed by atoms with van der Waals surface area (Å²) in [4.78, 5) is 11.5. The van der Waals surface area contributed by atoms with E-state index >= 15 is 0 Å². The number of carboxylic acids is 1. The highest BCUT2D eigenvalue weighted by Crippen LogP contribution is 2.67. The van der Waals surface area contributed by atoms with Crippen LogP contribution in [0.1, 0.15) is 45.4 Å². The van der Waals surface area contributed by atoms with Crippen molar-refractivity contribution in [3.05, 3.63) is 24.3 Å². The lowest BCUT2D eigenvalue weighted by molar-refractivity contribution is -0.143. The molecule has 0 radical (unpaired) electrons. The van der Waals surface area contributed by atoms with Crippen molar-refractivity contribution in [3.8, 4) is 0 Å². The molecule has 0 spiro atoms. The van der Waals surface area contributed by atoms with Gasteiger partial charge in [-0.05, 0) is 54.3 Å². The summed E-state index contributed by atoms with van der Waals surface area (Å²) < 4.78 is 0. The van der Waals surface area contributed by atoms with E-state index in [4.69, 9.17) is 0 Å². The SMILES string of the molecule is CCCCCC[C@H]1[C@H]2C=C[C@@H]3[C@@H]4[C@H]2[C@H]1C[C@H]4C=C[C@H]3C(=O)O. The topological polar surface area (TPSA) is 37.3 Å². The van der Waals surface area contributed by atoms with Gasteiger partial charge in [-0.1, -0.05) is 56.9 Å². The van der Waals surface area contributed by atoms with Crippen LogP contribution in [-0.2, 0) is 4.79 Å². The summed E-state index contributed by atoms with van der Waals surface area (Å²) in [6, 6.07) is 0. The van der Waals surface area contributed by atoms with Crippen molar-refractivity contribution in [2.45, 2.75) is 45.4 Å². The normalized spacial score (nSPS) is 47.1. The summed E-state index contributed by atoms with van der Waals surface area (Å²) in [7, 11) is 0. The molecular formula is C20H28O2. The molecule has 120 valence electrons. The third-order valence-corrected chi connectivity index (χ3v) is 7.12. The molecule has 8 atom stereocenters. The molecule has 4 rings (SSSR count). The van der Waals surface area contributed by atoms with E-state index in [1.807, 2.05) is 6.08 Å². The van der Waals surface area contributed by atoms with Gasteiger partial charge in [-0.25, -0.2) is 0 Å². The summed E-state index contributed by atoms with van der Waals surface area (Å²) in [5.41, 5.74) is 0. The second-order valence-corrected chi connectivity index (χ2v) is 8.02. The molecule has 0 aromatic carbocycles. The molecule has 4 aliphatic rings. The zero-order chi connectivity index (χ0) is 15.3. The molecular weight excluding hydrogens is 272 g/mol. The minimum Gasteiger partial charge on any atom is -0.481 e. The van der Waals surface area contributed by atoms with Crippen molar-refractivity contribution >= 4 is 5.97 Å². The van der Waals surface area contributed by atoms with E-state index in [-0.39, 0.29) is 11.8 Å². The molecule has 0 amide bonds. The smallest absolute Gasteiger partial charge is 0.310 e. The Morgan fingerprint density at radius 3 is 2.64 bits per heavy atom. The van der Waals surface area contributed by atoms with Crippen molar-refractivity contribution < 1.29 is 9.90 Å². The predicted octanol–water partition coefficient (Wildman–Crippen LogP) is 4.53. The number of carboxylic acid groups (broad SMARTS) is 1. The molecule has 2 nitrogen and oxygen atoms in total. The summed E-state index contributed by atoms with van der Waals surface area (Å²) in [5, 5.41) is 9.48. The maximum absolute atomic E-state index is 11.5. The first-order valence-corrected chi connectivity index (χ1v) is 9.31. The molecule has 2 fully saturated rings. The van der Waals surface area contributed by atoms with Crippen LogP contribution in [0.3, 0.4) is 0 Å². The average molecular weight is 300 g/mol. The van der Waals surface area contributed by atoms with Gasteiger partial charge in [-0.3, -0.25) is 4.79 Å². The van der Waals surface area contributed by atoms with Gasteiger partial charge in [0.2, 0.25) is 0 Å². The van der Waals surface area contributed by atoms with Crippen LogP contribution in [-0.4, -0.2) is 11.1 Å². The predicted molar refractivity (Wildman–Crippen MR) is 87.2 cm³/mol. The fraction of sp³-hybridized carbons (Fsp3) is 0.750. The maximum atomic E-state index is 11.5. The van der Waals surface area contributed by atoms with Crippen LogP contribution in [0.15, 0.2) is 24.3 Å². The van der Waals surface area contributed by atoms with Crippen LogP contribution in [0.2, 0.25) is 0 Å². The maximum Gasteiger partial charge on any atom is 0.310 e. The Morgan fingerprint density at radius 2 is 1.86 bits per heavy atom.